The standard InChI is InChI=1S/C20H27N3O3/c1-22(2)17(18-6-5-13-26-18)14-21-19(24)12-9-15-7-10-16(11-8-15)20(25)23(3)4/h5-8,10-11,13,17H,9,12,14H2,1-4H3,(H,21,24). The molecule has 140 valence electrons. The number of hydrogen-bond acceptors (Lipinski definition) is 4. The summed E-state index contributed by atoms with van der Waals surface area (Å²) in [5.41, 5.74) is 1.68. The van der Waals surface area contributed by atoms with Gasteiger partial charge < -0.3 is 14.6 Å². The zero-order valence-electron chi connectivity index (χ0n) is 15.9. The number of furan rings is 1. The molecule has 2 amide bonds. The third kappa shape index (κ3) is 5.46. The van der Waals surface area contributed by atoms with Gasteiger partial charge in [-0.05, 0) is 50.3 Å². The third-order valence-corrected chi connectivity index (χ3v) is 4.24. The normalized spacial score (nSPS) is 12.0. The van der Waals surface area contributed by atoms with Gasteiger partial charge in [0.05, 0.1) is 12.3 Å². The van der Waals surface area contributed by atoms with Gasteiger partial charge in [0.15, 0.2) is 0 Å². The molecule has 1 heterocycles. The molecule has 6 heteroatoms. The molecule has 1 unspecified atom stereocenters. The van der Waals surface area contributed by atoms with Crippen LogP contribution in [0.4, 0.5) is 0 Å². The van der Waals surface area contributed by atoms with Crippen molar-refractivity contribution in [3.63, 3.8) is 0 Å². The van der Waals surface area contributed by atoms with E-state index in [-0.39, 0.29) is 17.9 Å². The lowest BCUT2D eigenvalue weighted by molar-refractivity contribution is -0.121. The van der Waals surface area contributed by atoms with E-state index in [2.05, 4.69) is 5.32 Å². The number of likely N-dealkylation sites (N-methyl/N-ethyl adjacent to an activating group) is 1. The van der Waals surface area contributed by atoms with Gasteiger partial charge in [0.25, 0.3) is 5.91 Å². The lowest BCUT2D eigenvalue weighted by Crippen LogP contribution is -2.34. The van der Waals surface area contributed by atoms with Crippen LogP contribution in [0.2, 0.25) is 0 Å². The molecule has 0 saturated heterocycles. The molecule has 0 radical (unpaired) electrons. The predicted octanol–water partition coefficient (Wildman–Crippen LogP) is 2.33. The maximum absolute atomic E-state index is 12.2. The largest absolute Gasteiger partial charge is 0.468 e. The molecule has 2 rings (SSSR count). The van der Waals surface area contributed by atoms with Crippen LogP contribution in [0, 0.1) is 0 Å². The second-order valence-corrected chi connectivity index (χ2v) is 6.70. The van der Waals surface area contributed by atoms with E-state index in [9.17, 15) is 9.59 Å². The minimum absolute atomic E-state index is 0.00292. The number of nitrogens with zero attached hydrogens (tertiary/aromatic N) is 2. The van der Waals surface area contributed by atoms with Gasteiger partial charge in [-0.2, -0.15) is 0 Å². The van der Waals surface area contributed by atoms with Crippen molar-refractivity contribution in [2.24, 2.45) is 0 Å². The number of nitrogens with one attached hydrogen (secondary N) is 1. The minimum atomic E-state index is -0.0260. The summed E-state index contributed by atoms with van der Waals surface area (Å²) in [5, 5.41) is 2.97. The Kier molecular flexibility index (Phi) is 6.97. The van der Waals surface area contributed by atoms with Gasteiger partial charge in [0.2, 0.25) is 5.91 Å². The average Bonchev–Trinajstić information content (AvgIpc) is 3.14. The molecular weight excluding hydrogens is 330 g/mol. The topological polar surface area (TPSA) is 65.8 Å². The first-order valence-corrected chi connectivity index (χ1v) is 8.65. The Morgan fingerprint density at radius 2 is 1.77 bits per heavy atom. The number of rotatable bonds is 8. The number of amides is 2. The molecule has 0 fully saturated rings. The van der Waals surface area contributed by atoms with Crippen LogP contribution in [-0.4, -0.2) is 56.3 Å². The minimum Gasteiger partial charge on any atom is -0.468 e. The van der Waals surface area contributed by atoms with Crippen LogP contribution in [0.25, 0.3) is 0 Å². The lowest BCUT2D eigenvalue weighted by Gasteiger charge is -2.22. The molecule has 0 aliphatic heterocycles. The molecule has 0 spiro atoms. The predicted molar refractivity (Wildman–Crippen MR) is 101 cm³/mol. The molecule has 0 bridgehead atoms. The van der Waals surface area contributed by atoms with Crippen LogP contribution in [0.1, 0.15) is 34.1 Å². The number of hydrogen-bond donors (Lipinski definition) is 1. The zero-order valence-corrected chi connectivity index (χ0v) is 15.9. The van der Waals surface area contributed by atoms with Crippen molar-refractivity contribution < 1.29 is 14.0 Å². The maximum Gasteiger partial charge on any atom is 0.253 e. The fraction of sp³-hybridized carbons (Fsp3) is 0.400. The highest BCUT2D eigenvalue weighted by molar-refractivity contribution is 5.93. The first kappa shape index (κ1) is 19.7. The number of aryl methyl sites for hydroxylation is 1. The first-order valence-electron chi connectivity index (χ1n) is 8.65. The Morgan fingerprint density at radius 1 is 1.08 bits per heavy atom. The van der Waals surface area contributed by atoms with E-state index < -0.39 is 0 Å². The number of carbonyl (C=O) groups is 2. The maximum atomic E-state index is 12.2. The molecule has 6 nitrogen and oxygen atoms in total. The van der Waals surface area contributed by atoms with E-state index in [1.807, 2.05) is 43.3 Å². The van der Waals surface area contributed by atoms with Crippen LogP contribution in [0.3, 0.4) is 0 Å². The molecule has 1 aromatic heterocycles. The fourth-order valence-electron chi connectivity index (χ4n) is 2.65. The Morgan fingerprint density at radius 3 is 2.31 bits per heavy atom. The summed E-state index contributed by atoms with van der Waals surface area (Å²) in [6, 6.07) is 11.2. The van der Waals surface area contributed by atoms with Crippen molar-refractivity contribution in [3.05, 3.63) is 59.5 Å². The molecule has 0 aliphatic rings. The van der Waals surface area contributed by atoms with Gasteiger partial charge in [0.1, 0.15) is 5.76 Å². The van der Waals surface area contributed by atoms with Gasteiger partial charge in [-0.15, -0.1) is 0 Å². The summed E-state index contributed by atoms with van der Waals surface area (Å²) in [4.78, 5) is 27.6. The van der Waals surface area contributed by atoms with Crippen molar-refractivity contribution in [1.82, 2.24) is 15.1 Å². The van der Waals surface area contributed by atoms with Crippen LogP contribution in [-0.2, 0) is 11.2 Å². The molecule has 1 atom stereocenters. The van der Waals surface area contributed by atoms with E-state index in [0.29, 0.717) is 24.9 Å². The van der Waals surface area contributed by atoms with Crippen molar-refractivity contribution in [3.8, 4) is 0 Å². The monoisotopic (exact) mass is 357 g/mol. The second kappa shape index (κ2) is 9.20. The van der Waals surface area contributed by atoms with Crippen LogP contribution in [0.5, 0.6) is 0 Å². The Balaban J connectivity index is 1.82. The average molecular weight is 357 g/mol. The smallest absolute Gasteiger partial charge is 0.253 e. The second-order valence-electron chi connectivity index (χ2n) is 6.70. The van der Waals surface area contributed by atoms with E-state index in [1.165, 1.54) is 0 Å². The third-order valence-electron chi connectivity index (χ3n) is 4.24. The molecular formula is C20H27N3O3. The SMILES string of the molecule is CN(C)C(=O)c1ccc(CCC(=O)NCC(c2ccco2)N(C)C)cc1. The zero-order chi connectivity index (χ0) is 19.1. The van der Waals surface area contributed by atoms with Gasteiger partial charge in [-0.25, -0.2) is 0 Å². The highest BCUT2D eigenvalue weighted by atomic mass is 16.3. The van der Waals surface area contributed by atoms with E-state index >= 15 is 0 Å². The summed E-state index contributed by atoms with van der Waals surface area (Å²) < 4.78 is 5.44. The van der Waals surface area contributed by atoms with E-state index in [1.54, 1.807) is 37.4 Å². The van der Waals surface area contributed by atoms with E-state index in [4.69, 9.17) is 4.42 Å². The van der Waals surface area contributed by atoms with Gasteiger partial charge in [-0.1, -0.05) is 12.1 Å². The number of carbonyl (C=O) groups excluding carboxylic acids is 2. The highest BCUT2D eigenvalue weighted by Crippen LogP contribution is 2.17. The van der Waals surface area contributed by atoms with Crippen LogP contribution in [0.15, 0.2) is 47.1 Å². The summed E-state index contributed by atoms with van der Waals surface area (Å²) in [6.45, 7) is 0.496. The number of benzene rings is 1. The molecule has 0 aliphatic carbocycles. The summed E-state index contributed by atoms with van der Waals surface area (Å²) in [5.74, 6) is 0.801. The highest BCUT2D eigenvalue weighted by Gasteiger charge is 2.17. The summed E-state index contributed by atoms with van der Waals surface area (Å²) in [6.07, 6.45) is 2.67. The summed E-state index contributed by atoms with van der Waals surface area (Å²) in [7, 11) is 7.36. The van der Waals surface area contributed by atoms with Crippen LogP contribution < -0.4 is 5.32 Å². The van der Waals surface area contributed by atoms with E-state index in [0.717, 1.165) is 11.3 Å². The first-order chi connectivity index (χ1) is 12.4. The Hall–Kier alpha value is -2.60. The fourth-order valence-corrected chi connectivity index (χ4v) is 2.65. The Labute approximate surface area is 154 Å². The van der Waals surface area contributed by atoms with Crippen molar-refractivity contribution in [2.75, 3.05) is 34.7 Å². The quantitative estimate of drug-likeness (QED) is 0.787. The van der Waals surface area contributed by atoms with Crippen molar-refractivity contribution in [2.45, 2.75) is 18.9 Å². The molecule has 1 aromatic carbocycles. The summed E-state index contributed by atoms with van der Waals surface area (Å²) >= 11 is 0. The van der Waals surface area contributed by atoms with Gasteiger partial charge >= 0.3 is 0 Å². The molecule has 0 saturated carbocycles. The van der Waals surface area contributed by atoms with Gasteiger partial charge in [-0.3, -0.25) is 14.5 Å². The lowest BCUT2D eigenvalue weighted by atomic mass is 10.1. The van der Waals surface area contributed by atoms with Gasteiger partial charge in [0, 0.05) is 32.6 Å². The Bertz CT molecular complexity index is 706. The molecule has 1 N–H and O–H groups in total. The van der Waals surface area contributed by atoms with Crippen molar-refractivity contribution >= 4 is 11.8 Å². The van der Waals surface area contributed by atoms with Crippen molar-refractivity contribution in [1.29, 1.82) is 0 Å². The van der Waals surface area contributed by atoms with Crippen LogP contribution >= 0.6 is 0 Å². The molecule has 2 aromatic rings. The molecule has 26 heavy (non-hydrogen) atoms.